The number of anilines is 1. The maximum Gasteiger partial charge on any atom is 0.408 e. The van der Waals surface area contributed by atoms with E-state index in [4.69, 9.17) is 4.74 Å². The van der Waals surface area contributed by atoms with E-state index in [-0.39, 0.29) is 29.1 Å². The molecule has 0 unspecified atom stereocenters. The largest absolute Gasteiger partial charge is 0.490 e. The third-order valence-electron chi connectivity index (χ3n) is 2.96. The Balaban J connectivity index is 2.54. The molecule has 0 aliphatic rings. The molecule has 0 saturated heterocycles. The minimum absolute atomic E-state index is 0.0737. The maximum atomic E-state index is 12.8. The number of amides is 1. The van der Waals surface area contributed by atoms with Gasteiger partial charge in [0.05, 0.1) is 22.8 Å². The SMILES string of the molecule is CSCC(=O)Nc1nn(CC(F)(F)F)c2cccc(OC(C)C)c12. The van der Waals surface area contributed by atoms with E-state index in [0.717, 1.165) is 4.68 Å². The van der Waals surface area contributed by atoms with Gasteiger partial charge in [0.2, 0.25) is 5.91 Å². The normalized spacial score (nSPS) is 12.0. The number of nitrogens with one attached hydrogen (secondary N) is 1. The van der Waals surface area contributed by atoms with Gasteiger partial charge in [-0.2, -0.15) is 30.0 Å². The van der Waals surface area contributed by atoms with Crippen LogP contribution in [0.1, 0.15) is 13.8 Å². The molecular weight excluding hydrogens is 343 g/mol. The molecule has 0 bridgehead atoms. The number of hydrogen-bond donors (Lipinski definition) is 1. The molecule has 132 valence electrons. The van der Waals surface area contributed by atoms with E-state index in [1.807, 2.05) is 13.8 Å². The molecule has 1 heterocycles. The molecule has 1 aromatic carbocycles. The topological polar surface area (TPSA) is 56.2 Å². The summed E-state index contributed by atoms with van der Waals surface area (Å²) in [4.78, 5) is 11.8. The fourth-order valence-electron chi connectivity index (χ4n) is 2.23. The van der Waals surface area contributed by atoms with Crippen molar-refractivity contribution in [3.63, 3.8) is 0 Å². The predicted octanol–water partition coefficient (Wildman–Crippen LogP) is 3.69. The number of carbonyl (C=O) groups is 1. The first-order valence-electron chi connectivity index (χ1n) is 7.23. The molecule has 0 fully saturated rings. The van der Waals surface area contributed by atoms with Crippen molar-refractivity contribution in [2.24, 2.45) is 0 Å². The van der Waals surface area contributed by atoms with Crippen molar-refractivity contribution < 1.29 is 22.7 Å². The highest BCUT2D eigenvalue weighted by molar-refractivity contribution is 7.99. The summed E-state index contributed by atoms with van der Waals surface area (Å²) in [7, 11) is 0. The van der Waals surface area contributed by atoms with E-state index < -0.39 is 12.7 Å². The zero-order chi connectivity index (χ0) is 17.9. The van der Waals surface area contributed by atoms with Gasteiger partial charge < -0.3 is 10.1 Å². The summed E-state index contributed by atoms with van der Waals surface area (Å²) in [6, 6.07) is 4.76. The molecule has 0 radical (unpaired) electrons. The summed E-state index contributed by atoms with van der Waals surface area (Å²) in [6.45, 7) is 2.38. The lowest BCUT2D eigenvalue weighted by atomic mass is 10.2. The standard InChI is InChI=1S/C15H18F3N3O2S/c1-9(2)23-11-6-4-5-10-13(11)14(19-12(22)7-24-3)20-21(10)8-15(16,17)18/h4-6,9H,7-8H2,1-3H3,(H,19,20,22). The molecule has 5 nitrogen and oxygen atoms in total. The second-order valence-electron chi connectivity index (χ2n) is 5.42. The average molecular weight is 361 g/mol. The number of fused-ring (bicyclic) bond motifs is 1. The van der Waals surface area contributed by atoms with Gasteiger partial charge in [-0.3, -0.25) is 9.48 Å². The molecule has 2 rings (SSSR count). The minimum Gasteiger partial charge on any atom is -0.490 e. The van der Waals surface area contributed by atoms with E-state index in [2.05, 4.69) is 10.4 Å². The fourth-order valence-corrected chi connectivity index (χ4v) is 2.56. The predicted molar refractivity (Wildman–Crippen MR) is 88.6 cm³/mol. The number of nitrogens with zero attached hydrogens (tertiary/aromatic N) is 2. The molecule has 9 heteroatoms. The number of hydrogen-bond acceptors (Lipinski definition) is 4. The number of alkyl halides is 3. The highest BCUT2D eigenvalue weighted by Crippen LogP contribution is 2.34. The summed E-state index contributed by atoms with van der Waals surface area (Å²) in [6.07, 6.45) is -2.84. The third-order valence-corrected chi connectivity index (χ3v) is 3.52. The summed E-state index contributed by atoms with van der Waals surface area (Å²) >= 11 is 1.31. The van der Waals surface area contributed by atoms with Crippen molar-refractivity contribution in [2.75, 3.05) is 17.3 Å². The van der Waals surface area contributed by atoms with Gasteiger partial charge in [0.1, 0.15) is 12.3 Å². The highest BCUT2D eigenvalue weighted by Gasteiger charge is 2.30. The molecule has 1 N–H and O–H groups in total. The summed E-state index contributed by atoms with van der Waals surface area (Å²) in [5, 5.41) is 6.87. The first-order chi connectivity index (χ1) is 11.2. The van der Waals surface area contributed by atoms with E-state index in [1.165, 1.54) is 17.8 Å². The van der Waals surface area contributed by atoms with Crippen LogP contribution < -0.4 is 10.1 Å². The van der Waals surface area contributed by atoms with Gasteiger partial charge in [-0.05, 0) is 32.2 Å². The van der Waals surface area contributed by atoms with Crippen molar-refractivity contribution >= 4 is 34.4 Å². The second kappa shape index (κ2) is 7.33. The van der Waals surface area contributed by atoms with Gasteiger partial charge in [-0.25, -0.2) is 0 Å². The van der Waals surface area contributed by atoms with Gasteiger partial charge in [0.25, 0.3) is 0 Å². The van der Waals surface area contributed by atoms with E-state index in [0.29, 0.717) is 11.1 Å². The molecule has 0 saturated carbocycles. The number of carbonyl (C=O) groups excluding carboxylic acids is 1. The Morgan fingerprint density at radius 3 is 2.71 bits per heavy atom. The number of aromatic nitrogens is 2. The molecule has 0 atom stereocenters. The summed E-state index contributed by atoms with van der Waals surface area (Å²) in [5.74, 6) is 0.307. The number of rotatable bonds is 6. The summed E-state index contributed by atoms with van der Waals surface area (Å²) in [5.41, 5.74) is 0.255. The van der Waals surface area contributed by atoms with Gasteiger partial charge in [-0.1, -0.05) is 6.07 Å². The Hall–Kier alpha value is -1.90. The van der Waals surface area contributed by atoms with Crippen molar-refractivity contribution in [2.45, 2.75) is 32.7 Å². The molecule has 2 aromatic rings. The van der Waals surface area contributed by atoms with Crippen LogP contribution in [-0.2, 0) is 11.3 Å². The van der Waals surface area contributed by atoms with Crippen LogP contribution in [0, 0.1) is 0 Å². The van der Waals surface area contributed by atoms with Crippen molar-refractivity contribution in [3.8, 4) is 5.75 Å². The van der Waals surface area contributed by atoms with Crippen LogP contribution in [-0.4, -0.2) is 40.0 Å². The van der Waals surface area contributed by atoms with E-state index >= 15 is 0 Å². The Kier molecular flexibility index (Phi) is 5.63. The monoisotopic (exact) mass is 361 g/mol. The number of ether oxygens (including phenoxy) is 1. The van der Waals surface area contributed by atoms with Gasteiger partial charge >= 0.3 is 6.18 Å². The fraction of sp³-hybridized carbons (Fsp3) is 0.467. The molecule has 0 aliphatic heterocycles. The van der Waals surface area contributed by atoms with Crippen molar-refractivity contribution in [1.82, 2.24) is 9.78 Å². The molecule has 1 aromatic heterocycles. The van der Waals surface area contributed by atoms with Crippen molar-refractivity contribution in [3.05, 3.63) is 18.2 Å². The Morgan fingerprint density at radius 1 is 1.42 bits per heavy atom. The quantitative estimate of drug-likeness (QED) is 0.853. The van der Waals surface area contributed by atoms with Crippen molar-refractivity contribution in [1.29, 1.82) is 0 Å². The van der Waals surface area contributed by atoms with E-state index in [9.17, 15) is 18.0 Å². The number of thioether (sulfide) groups is 1. The van der Waals surface area contributed by atoms with Gasteiger partial charge in [-0.15, -0.1) is 0 Å². The Morgan fingerprint density at radius 2 is 2.12 bits per heavy atom. The van der Waals surface area contributed by atoms with Crippen LogP contribution in [0.4, 0.5) is 19.0 Å². The molecule has 24 heavy (non-hydrogen) atoms. The van der Waals surface area contributed by atoms with Crippen LogP contribution >= 0.6 is 11.8 Å². The maximum absolute atomic E-state index is 12.8. The Bertz CT molecular complexity index is 729. The highest BCUT2D eigenvalue weighted by atomic mass is 32.2. The lowest BCUT2D eigenvalue weighted by Gasteiger charge is -2.12. The number of halogens is 3. The van der Waals surface area contributed by atoms with Gasteiger partial charge in [0, 0.05) is 0 Å². The summed E-state index contributed by atoms with van der Waals surface area (Å²) < 4.78 is 44.9. The minimum atomic E-state index is -4.42. The average Bonchev–Trinajstić information content (AvgIpc) is 2.75. The molecule has 0 aliphatic carbocycles. The van der Waals surface area contributed by atoms with Crippen LogP contribution in [0.3, 0.4) is 0 Å². The molecule has 0 spiro atoms. The van der Waals surface area contributed by atoms with E-state index in [1.54, 1.807) is 18.4 Å². The zero-order valence-corrected chi connectivity index (χ0v) is 14.3. The lowest BCUT2D eigenvalue weighted by molar-refractivity contribution is -0.141. The first kappa shape index (κ1) is 18.4. The zero-order valence-electron chi connectivity index (χ0n) is 13.5. The molecular formula is C15H18F3N3O2S. The Labute approximate surface area is 141 Å². The van der Waals surface area contributed by atoms with Crippen LogP contribution in [0.15, 0.2) is 18.2 Å². The van der Waals surface area contributed by atoms with Gasteiger partial charge in [0.15, 0.2) is 5.82 Å². The lowest BCUT2D eigenvalue weighted by Crippen LogP contribution is -2.19. The first-order valence-corrected chi connectivity index (χ1v) is 8.62. The smallest absolute Gasteiger partial charge is 0.408 e. The molecule has 1 amide bonds. The van der Waals surface area contributed by atoms with Crippen LogP contribution in [0.2, 0.25) is 0 Å². The van der Waals surface area contributed by atoms with Crippen LogP contribution in [0.5, 0.6) is 5.75 Å². The third kappa shape index (κ3) is 4.56. The second-order valence-corrected chi connectivity index (χ2v) is 6.29. The van der Waals surface area contributed by atoms with Crippen LogP contribution in [0.25, 0.3) is 10.9 Å². The number of benzene rings is 1.